The summed E-state index contributed by atoms with van der Waals surface area (Å²) in [5.74, 6) is -0.492. The second kappa shape index (κ2) is 6.89. The molecule has 0 fully saturated rings. The molecule has 0 aliphatic carbocycles. The quantitative estimate of drug-likeness (QED) is 0.624. The largest absolute Gasteiger partial charge is 0.399 e. The van der Waals surface area contributed by atoms with Crippen LogP contribution in [0.5, 0.6) is 0 Å². The van der Waals surface area contributed by atoms with Crippen LogP contribution in [0.25, 0.3) is 0 Å². The topological polar surface area (TPSA) is 46.3 Å². The van der Waals surface area contributed by atoms with Gasteiger partial charge in [-0.25, -0.2) is 4.39 Å². The summed E-state index contributed by atoms with van der Waals surface area (Å²) >= 11 is 1.98. The van der Waals surface area contributed by atoms with Gasteiger partial charge in [0.15, 0.2) is 0 Å². The van der Waals surface area contributed by atoms with Crippen LogP contribution in [0.3, 0.4) is 0 Å². The summed E-state index contributed by atoms with van der Waals surface area (Å²) in [6, 6.07) is 11.4. The highest BCUT2D eigenvalue weighted by molar-refractivity contribution is 14.1. The van der Waals surface area contributed by atoms with E-state index in [0.717, 1.165) is 12.1 Å². The summed E-state index contributed by atoms with van der Waals surface area (Å²) in [4.78, 5) is 14.4. The fourth-order valence-corrected chi connectivity index (χ4v) is 2.78. The Morgan fingerprint density at radius 3 is 2.67 bits per heavy atom. The monoisotopic (exact) mass is 398 g/mol. The third-order valence-electron chi connectivity index (χ3n) is 3.04. The van der Waals surface area contributed by atoms with Crippen LogP contribution in [-0.4, -0.2) is 12.5 Å². The standard InChI is InChI=1S/C16H16FIN2O/c1-2-8-20(13-5-3-4-12(19)10-13)16(21)14-7-6-11(17)9-15(14)18/h3-7,9-10H,2,8,19H2,1H3. The van der Waals surface area contributed by atoms with E-state index in [4.69, 9.17) is 5.73 Å². The lowest BCUT2D eigenvalue weighted by molar-refractivity contribution is 0.0986. The second-order valence-electron chi connectivity index (χ2n) is 4.68. The first-order valence-corrected chi connectivity index (χ1v) is 7.73. The van der Waals surface area contributed by atoms with Crippen molar-refractivity contribution in [2.75, 3.05) is 17.2 Å². The van der Waals surface area contributed by atoms with Crippen LogP contribution in [0.15, 0.2) is 42.5 Å². The number of nitrogens with two attached hydrogens (primary N) is 1. The Bertz CT molecular complexity index is 660. The SMILES string of the molecule is CCCN(C(=O)c1ccc(F)cc1I)c1cccc(N)c1. The van der Waals surface area contributed by atoms with E-state index in [-0.39, 0.29) is 11.7 Å². The molecule has 21 heavy (non-hydrogen) atoms. The molecule has 0 radical (unpaired) electrons. The first kappa shape index (κ1) is 15.8. The van der Waals surface area contributed by atoms with E-state index in [0.29, 0.717) is 21.4 Å². The predicted molar refractivity (Wildman–Crippen MR) is 91.9 cm³/mol. The first-order valence-electron chi connectivity index (χ1n) is 6.65. The van der Waals surface area contributed by atoms with Crippen LogP contribution < -0.4 is 10.6 Å². The average Bonchev–Trinajstić information content (AvgIpc) is 2.44. The van der Waals surface area contributed by atoms with E-state index >= 15 is 0 Å². The minimum atomic E-state index is -0.345. The van der Waals surface area contributed by atoms with Crippen LogP contribution in [0.4, 0.5) is 15.8 Å². The zero-order valence-corrected chi connectivity index (χ0v) is 13.8. The van der Waals surface area contributed by atoms with E-state index in [1.54, 1.807) is 17.0 Å². The Hall–Kier alpha value is -1.63. The smallest absolute Gasteiger partial charge is 0.259 e. The Morgan fingerprint density at radius 2 is 2.05 bits per heavy atom. The lowest BCUT2D eigenvalue weighted by Crippen LogP contribution is -2.32. The van der Waals surface area contributed by atoms with E-state index in [1.165, 1.54) is 18.2 Å². The van der Waals surface area contributed by atoms with Gasteiger partial charge in [0.2, 0.25) is 0 Å². The molecule has 2 aromatic rings. The number of nitrogens with zero attached hydrogens (tertiary/aromatic N) is 1. The van der Waals surface area contributed by atoms with Crippen LogP contribution in [-0.2, 0) is 0 Å². The molecule has 0 aliphatic rings. The maximum absolute atomic E-state index is 13.2. The molecule has 2 aromatic carbocycles. The fourth-order valence-electron chi connectivity index (χ4n) is 2.07. The van der Waals surface area contributed by atoms with Crippen molar-refractivity contribution in [1.29, 1.82) is 0 Å². The highest BCUT2D eigenvalue weighted by Crippen LogP contribution is 2.23. The summed E-state index contributed by atoms with van der Waals surface area (Å²) in [5, 5.41) is 0. The van der Waals surface area contributed by atoms with E-state index in [2.05, 4.69) is 0 Å². The van der Waals surface area contributed by atoms with Crippen LogP contribution in [0.1, 0.15) is 23.7 Å². The summed E-state index contributed by atoms with van der Waals surface area (Å²) < 4.78 is 13.8. The molecule has 0 saturated carbocycles. The van der Waals surface area contributed by atoms with Gasteiger partial charge >= 0.3 is 0 Å². The van der Waals surface area contributed by atoms with Crippen molar-refractivity contribution in [3.05, 3.63) is 57.4 Å². The molecule has 0 spiro atoms. The Morgan fingerprint density at radius 1 is 1.29 bits per heavy atom. The number of nitrogen functional groups attached to an aromatic ring is 1. The van der Waals surface area contributed by atoms with Crippen molar-refractivity contribution in [3.63, 3.8) is 0 Å². The zero-order chi connectivity index (χ0) is 15.4. The summed E-state index contributed by atoms with van der Waals surface area (Å²) in [5.41, 5.74) is 7.64. The normalized spacial score (nSPS) is 10.4. The van der Waals surface area contributed by atoms with Crippen molar-refractivity contribution in [2.45, 2.75) is 13.3 Å². The van der Waals surface area contributed by atoms with Gasteiger partial charge in [-0.2, -0.15) is 0 Å². The zero-order valence-electron chi connectivity index (χ0n) is 11.6. The number of halogens is 2. The number of benzene rings is 2. The molecule has 0 aromatic heterocycles. The molecule has 0 bridgehead atoms. The average molecular weight is 398 g/mol. The number of hydrogen-bond acceptors (Lipinski definition) is 2. The van der Waals surface area contributed by atoms with Gasteiger partial charge in [0.1, 0.15) is 5.82 Å². The number of carbonyl (C=O) groups is 1. The molecule has 2 N–H and O–H groups in total. The molecule has 0 unspecified atom stereocenters. The van der Waals surface area contributed by atoms with Crippen LogP contribution in [0.2, 0.25) is 0 Å². The highest BCUT2D eigenvalue weighted by atomic mass is 127. The molecular weight excluding hydrogens is 382 g/mol. The molecule has 0 atom stereocenters. The van der Waals surface area contributed by atoms with Gasteiger partial charge in [-0.1, -0.05) is 13.0 Å². The van der Waals surface area contributed by atoms with Gasteiger partial charge in [0.25, 0.3) is 5.91 Å². The van der Waals surface area contributed by atoms with Crippen molar-refractivity contribution in [3.8, 4) is 0 Å². The lowest BCUT2D eigenvalue weighted by Gasteiger charge is -2.23. The molecule has 3 nitrogen and oxygen atoms in total. The molecule has 5 heteroatoms. The van der Waals surface area contributed by atoms with Gasteiger partial charge in [-0.05, 0) is 65.4 Å². The van der Waals surface area contributed by atoms with Gasteiger partial charge in [0.05, 0.1) is 5.56 Å². The fraction of sp³-hybridized carbons (Fsp3) is 0.188. The first-order chi connectivity index (χ1) is 10.0. The molecule has 0 aliphatic heterocycles. The van der Waals surface area contributed by atoms with Gasteiger partial charge in [-0.15, -0.1) is 0 Å². The highest BCUT2D eigenvalue weighted by Gasteiger charge is 2.19. The van der Waals surface area contributed by atoms with Crippen molar-refractivity contribution >= 4 is 39.9 Å². The lowest BCUT2D eigenvalue weighted by atomic mass is 10.1. The summed E-state index contributed by atoms with van der Waals surface area (Å²) in [6.07, 6.45) is 0.818. The summed E-state index contributed by atoms with van der Waals surface area (Å²) in [6.45, 7) is 2.58. The molecular formula is C16H16FIN2O. The molecule has 0 saturated heterocycles. The maximum atomic E-state index is 13.2. The molecule has 110 valence electrons. The number of hydrogen-bond donors (Lipinski definition) is 1. The third-order valence-corrected chi connectivity index (χ3v) is 3.93. The summed E-state index contributed by atoms with van der Waals surface area (Å²) in [7, 11) is 0. The minimum absolute atomic E-state index is 0.146. The number of amides is 1. The number of rotatable bonds is 4. The minimum Gasteiger partial charge on any atom is -0.399 e. The van der Waals surface area contributed by atoms with Gasteiger partial charge in [0, 0.05) is 21.5 Å². The molecule has 2 rings (SSSR count). The third kappa shape index (κ3) is 3.72. The van der Waals surface area contributed by atoms with Crippen molar-refractivity contribution < 1.29 is 9.18 Å². The molecule has 1 amide bonds. The van der Waals surface area contributed by atoms with Gasteiger partial charge < -0.3 is 10.6 Å². The molecule has 0 heterocycles. The van der Waals surface area contributed by atoms with E-state index < -0.39 is 0 Å². The Balaban J connectivity index is 2.40. The van der Waals surface area contributed by atoms with E-state index in [9.17, 15) is 9.18 Å². The Labute approximate surface area is 137 Å². The van der Waals surface area contributed by atoms with Gasteiger partial charge in [-0.3, -0.25) is 4.79 Å². The number of carbonyl (C=O) groups excluding carboxylic acids is 1. The maximum Gasteiger partial charge on any atom is 0.259 e. The second-order valence-corrected chi connectivity index (χ2v) is 5.84. The van der Waals surface area contributed by atoms with Crippen LogP contribution in [0, 0.1) is 9.39 Å². The van der Waals surface area contributed by atoms with Crippen molar-refractivity contribution in [1.82, 2.24) is 0 Å². The van der Waals surface area contributed by atoms with E-state index in [1.807, 2.05) is 41.6 Å². The van der Waals surface area contributed by atoms with Crippen molar-refractivity contribution in [2.24, 2.45) is 0 Å². The predicted octanol–water partition coefficient (Wildman–Crippen LogP) is 4.07. The number of anilines is 2. The van der Waals surface area contributed by atoms with Crippen LogP contribution >= 0.6 is 22.6 Å². The Kier molecular flexibility index (Phi) is 5.17.